The summed E-state index contributed by atoms with van der Waals surface area (Å²) >= 11 is 6.03. The van der Waals surface area contributed by atoms with Crippen molar-refractivity contribution in [2.75, 3.05) is 17.2 Å². The molecule has 0 saturated carbocycles. The Labute approximate surface area is 115 Å². The molecule has 2 N–H and O–H groups in total. The van der Waals surface area contributed by atoms with Crippen LogP contribution in [0.3, 0.4) is 0 Å². The van der Waals surface area contributed by atoms with Crippen molar-refractivity contribution in [1.29, 1.82) is 0 Å². The normalized spacial score (nSPS) is 10.3. The van der Waals surface area contributed by atoms with Crippen molar-refractivity contribution in [3.63, 3.8) is 0 Å². The molecule has 100 valence electrons. The zero-order valence-electron chi connectivity index (χ0n) is 10.5. The third-order valence-corrected chi connectivity index (χ3v) is 2.67. The van der Waals surface area contributed by atoms with E-state index in [0.29, 0.717) is 28.9 Å². The molecule has 1 amide bonds. The van der Waals surface area contributed by atoms with Crippen LogP contribution in [0.25, 0.3) is 0 Å². The van der Waals surface area contributed by atoms with Crippen molar-refractivity contribution in [3.8, 4) is 0 Å². The Morgan fingerprint density at radius 1 is 1.47 bits per heavy atom. The summed E-state index contributed by atoms with van der Waals surface area (Å²) in [6.07, 6.45) is 2.81. The van der Waals surface area contributed by atoms with E-state index in [-0.39, 0.29) is 5.91 Å². The maximum absolute atomic E-state index is 12.0. The first-order chi connectivity index (χ1) is 9.11. The van der Waals surface area contributed by atoms with Crippen LogP contribution in [-0.4, -0.2) is 32.2 Å². The lowest BCUT2D eigenvalue weighted by molar-refractivity contribution is 0.102. The van der Waals surface area contributed by atoms with Gasteiger partial charge in [0.1, 0.15) is 12.1 Å². The van der Waals surface area contributed by atoms with Gasteiger partial charge in [0.05, 0.1) is 10.6 Å². The third-order valence-electron chi connectivity index (χ3n) is 2.38. The van der Waals surface area contributed by atoms with Crippen LogP contribution in [0.15, 0.2) is 18.6 Å². The number of hydrogen-bond acceptors (Lipinski definition) is 5. The SMILES string of the molecule is CCNc1ncc(C(=O)Nc2ncnn2C)cc1Cl. The standard InChI is InChI=1S/C11H13ClN6O/c1-3-13-9-8(12)4-7(5-14-9)10(19)17-11-15-6-16-18(11)2/h4-6H,3H2,1-2H3,(H,13,14)(H,15,16,17,19). The van der Waals surface area contributed by atoms with E-state index in [0.717, 1.165) is 0 Å². The third kappa shape index (κ3) is 3.00. The van der Waals surface area contributed by atoms with E-state index in [1.54, 1.807) is 13.1 Å². The van der Waals surface area contributed by atoms with Gasteiger partial charge in [0.2, 0.25) is 5.95 Å². The summed E-state index contributed by atoms with van der Waals surface area (Å²) < 4.78 is 1.46. The smallest absolute Gasteiger partial charge is 0.259 e. The fourth-order valence-electron chi connectivity index (χ4n) is 1.44. The molecule has 0 spiro atoms. The van der Waals surface area contributed by atoms with E-state index in [4.69, 9.17) is 11.6 Å². The van der Waals surface area contributed by atoms with Crippen LogP contribution >= 0.6 is 11.6 Å². The molecule has 2 rings (SSSR count). The molecule has 0 aliphatic rings. The number of halogens is 1. The molecule has 2 aromatic rings. The molecular formula is C11H13ClN6O. The van der Waals surface area contributed by atoms with E-state index >= 15 is 0 Å². The van der Waals surface area contributed by atoms with Gasteiger partial charge in [-0.15, -0.1) is 0 Å². The first-order valence-electron chi connectivity index (χ1n) is 5.66. The van der Waals surface area contributed by atoms with Crippen LogP contribution in [0.5, 0.6) is 0 Å². The molecule has 2 heterocycles. The second kappa shape index (κ2) is 5.66. The molecule has 0 aromatic carbocycles. The molecule has 0 atom stereocenters. The number of nitrogens with one attached hydrogen (secondary N) is 2. The van der Waals surface area contributed by atoms with E-state index in [1.165, 1.54) is 17.2 Å². The Balaban J connectivity index is 2.16. The minimum Gasteiger partial charge on any atom is -0.369 e. The van der Waals surface area contributed by atoms with Gasteiger partial charge in [0, 0.05) is 19.8 Å². The van der Waals surface area contributed by atoms with Gasteiger partial charge in [0.15, 0.2) is 0 Å². The molecule has 0 bridgehead atoms. The predicted octanol–water partition coefficient (Wildman–Crippen LogP) is 1.55. The summed E-state index contributed by atoms with van der Waals surface area (Å²) in [5, 5.41) is 9.87. The zero-order valence-corrected chi connectivity index (χ0v) is 11.3. The lowest BCUT2D eigenvalue weighted by atomic mass is 10.2. The summed E-state index contributed by atoms with van der Waals surface area (Å²) in [6.45, 7) is 2.64. The molecule has 0 aliphatic carbocycles. The number of carbonyl (C=O) groups is 1. The van der Waals surface area contributed by atoms with Crippen molar-refractivity contribution in [2.24, 2.45) is 7.05 Å². The number of nitrogens with zero attached hydrogens (tertiary/aromatic N) is 4. The van der Waals surface area contributed by atoms with Gasteiger partial charge >= 0.3 is 0 Å². The van der Waals surface area contributed by atoms with Crippen LogP contribution in [0.2, 0.25) is 5.02 Å². The van der Waals surface area contributed by atoms with Gasteiger partial charge in [-0.2, -0.15) is 10.1 Å². The molecule has 8 heteroatoms. The Morgan fingerprint density at radius 3 is 2.84 bits per heavy atom. The molecule has 0 unspecified atom stereocenters. The number of carbonyl (C=O) groups excluding carboxylic acids is 1. The van der Waals surface area contributed by atoms with Gasteiger partial charge in [-0.25, -0.2) is 9.67 Å². The highest BCUT2D eigenvalue weighted by atomic mass is 35.5. The van der Waals surface area contributed by atoms with E-state index in [9.17, 15) is 4.79 Å². The predicted molar refractivity (Wildman–Crippen MR) is 72.4 cm³/mol. The van der Waals surface area contributed by atoms with Crippen LogP contribution in [0.4, 0.5) is 11.8 Å². The number of anilines is 2. The zero-order chi connectivity index (χ0) is 13.8. The van der Waals surface area contributed by atoms with Crippen molar-refractivity contribution in [2.45, 2.75) is 6.92 Å². The lowest BCUT2D eigenvalue weighted by Gasteiger charge is -2.07. The molecule has 7 nitrogen and oxygen atoms in total. The van der Waals surface area contributed by atoms with Gasteiger partial charge in [0.25, 0.3) is 5.91 Å². The van der Waals surface area contributed by atoms with Crippen LogP contribution in [-0.2, 0) is 7.05 Å². The average molecular weight is 281 g/mol. The summed E-state index contributed by atoms with van der Waals surface area (Å²) in [6, 6.07) is 1.55. The first kappa shape index (κ1) is 13.3. The topological polar surface area (TPSA) is 84.7 Å². The van der Waals surface area contributed by atoms with Crippen LogP contribution in [0.1, 0.15) is 17.3 Å². The molecular weight excluding hydrogens is 268 g/mol. The van der Waals surface area contributed by atoms with E-state index < -0.39 is 0 Å². The second-order valence-corrected chi connectivity index (χ2v) is 4.15. The lowest BCUT2D eigenvalue weighted by Crippen LogP contribution is -2.16. The van der Waals surface area contributed by atoms with Crippen molar-refractivity contribution < 1.29 is 4.79 Å². The number of amides is 1. The number of aromatic nitrogens is 4. The summed E-state index contributed by atoms with van der Waals surface area (Å²) in [5.41, 5.74) is 0.356. The fourth-order valence-corrected chi connectivity index (χ4v) is 1.68. The molecule has 0 fully saturated rings. The molecule has 0 saturated heterocycles. The maximum Gasteiger partial charge on any atom is 0.259 e. The Morgan fingerprint density at radius 2 is 2.26 bits per heavy atom. The molecule has 0 radical (unpaired) electrons. The number of pyridine rings is 1. The number of aryl methyl sites for hydroxylation is 1. The summed E-state index contributed by atoms with van der Waals surface area (Å²) in [5.74, 6) is 0.574. The van der Waals surface area contributed by atoms with Crippen molar-refractivity contribution in [3.05, 3.63) is 29.2 Å². The summed E-state index contributed by atoms with van der Waals surface area (Å²) in [7, 11) is 1.68. The quantitative estimate of drug-likeness (QED) is 0.887. The minimum absolute atomic E-state index is 0.339. The second-order valence-electron chi connectivity index (χ2n) is 3.75. The minimum atomic E-state index is -0.339. The highest BCUT2D eigenvalue weighted by molar-refractivity contribution is 6.33. The van der Waals surface area contributed by atoms with Crippen LogP contribution < -0.4 is 10.6 Å². The fraction of sp³-hybridized carbons (Fsp3) is 0.273. The number of rotatable bonds is 4. The Kier molecular flexibility index (Phi) is 3.96. The molecule has 0 aliphatic heterocycles. The Bertz CT molecular complexity index is 597. The van der Waals surface area contributed by atoms with Gasteiger partial charge in [-0.05, 0) is 13.0 Å². The van der Waals surface area contributed by atoms with Gasteiger partial charge < -0.3 is 5.32 Å². The van der Waals surface area contributed by atoms with E-state index in [2.05, 4.69) is 25.7 Å². The largest absolute Gasteiger partial charge is 0.369 e. The number of hydrogen-bond donors (Lipinski definition) is 2. The highest BCUT2D eigenvalue weighted by Gasteiger charge is 2.12. The van der Waals surface area contributed by atoms with E-state index in [1.807, 2.05) is 6.92 Å². The van der Waals surface area contributed by atoms with Gasteiger partial charge in [-0.1, -0.05) is 11.6 Å². The average Bonchev–Trinajstić information content (AvgIpc) is 2.78. The maximum atomic E-state index is 12.0. The first-order valence-corrected chi connectivity index (χ1v) is 6.04. The van der Waals surface area contributed by atoms with Gasteiger partial charge in [-0.3, -0.25) is 10.1 Å². The molecule has 2 aromatic heterocycles. The van der Waals surface area contributed by atoms with Crippen molar-refractivity contribution >= 4 is 29.3 Å². The van der Waals surface area contributed by atoms with Crippen LogP contribution in [0, 0.1) is 0 Å². The Hall–Kier alpha value is -2.15. The molecule has 19 heavy (non-hydrogen) atoms. The van der Waals surface area contributed by atoms with Crippen molar-refractivity contribution in [1.82, 2.24) is 19.7 Å². The highest BCUT2D eigenvalue weighted by Crippen LogP contribution is 2.20. The monoisotopic (exact) mass is 280 g/mol. The summed E-state index contributed by atoms with van der Waals surface area (Å²) in [4.78, 5) is 20.0.